The van der Waals surface area contributed by atoms with Crippen LogP contribution < -0.4 is 5.73 Å². The van der Waals surface area contributed by atoms with Crippen molar-refractivity contribution in [2.45, 2.75) is 9.96 Å². The SMILES string of the molecule is Nc1ncc(SCc2nc(-c3cccc(Br)c3)no2)s1. The molecule has 2 N–H and O–H groups in total. The average molecular weight is 369 g/mol. The molecule has 5 nitrogen and oxygen atoms in total. The Hall–Kier alpha value is -1.38. The molecule has 0 bridgehead atoms. The topological polar surface area (TPSA) is 77.8 Å². The number of thioether (sulfide) groups is 1. The highest BCUT2D eigenvalue weighted by molar-refractivity contribution is 9.10. The minimum atomic E-state index is 0.563. The predicted octanol–water partition coefficient (Wildman–Crippen LogP) is 3.83. The van der Waals surface area contributed by atoms with Gasteiger partial charge in [-0.1, -0.05) is 44.6 Å². The lowest BCUT2D eigenvalue weighted by Crippen LogP contribution is -1.82. The Balaban J connectivity index is 1.70. The van der Waals surface area contributed by atoms with E-state index in [1.54, 1.807) is 18.0 Å². The van der Waals surface area contributed by atoms with Crippen LogP contribution in [0.5, 0.6) is 0 Å². The van der Waals surface area contributed by atoms with Gasteiger partial charge >= 0.3 is 0 Å². The van der Waals surface area contributed by atoms with E-state index in [0.29, 0.717) is 22.6 Å². The zero-order valence-corrected chi connectivity index (χ0v) is 13.3. The maximum Gasteiger partial charge on any atom is 0.237 e. The van der Waals surface area contributed by atoms with Crippen LogP contribution >= 0.6 is 39.0 Å². The predicted molar refractivity (Wildman–Crippen MR) is 83.5 cm³/mol. The van der Waals surface area contributed by atoms with E-state index in [1.165, 1.54) is 11.3 Å². The largest absolute Gasteiger partial charge is 0.375 e. The number of aromatic nitrogens is 3. The first-order valence-electron chi connectivity index (χ1n) is 5.63. The van der Waals surface area contributed by atoms with Crippen molar-refractivity contribution in [2.75, 3.05) is 5.73 Å². The monoisotopic (exact) mass is 368 g/mol. The molecule has 0 saturated heterocycles. The fourth-order valence-electron chi connectivity index (χ4n) is 1.53. The van der Waals surface area contributed by atoms with Crippen LogP contribution in [0.1, 0.15) is 5.89 Å². The van der Waals surface area contributed by atoms with Gasteiger partial charge in [-0.3, -0.25) is 0 Å². The fourth-order valence-corrected chi connectivity index (χ4v) is 3.53. The summed E-state index contributed by atoms with van der Waals surface area (Å²) in [4.78, 5) is 8.37. The molecular weight excluding hydrogens is 360 g/mol. The molecule has 3 rings (SSSR count). The average Bonchev–Trinajstić information content (AvgIpc) is 3.05. The first-order chi connectivity index (χ1) is 9.70. The maximum atomic E-state index is 5.58. The molecule has 0 unspecified atom stereocenters. The van der Waals surface area contributed by atoms with Crippen molar-refractivity contribution in [3.8, 4) is 11.4 Å². The highest BCUT2D eigenvalue weighted by atomic mass is 79.9. The van der Waals surface area contributed by atoms with Gasteiger partial charge in [-0.15, -0.1) is 11.8 Å². The quantitative estimate of drug-likeness (QED) is 0.705. The number of nitrogens with two attached hydrogens (primary N) is 1. The van der Waals surface area contributed by atoms with Crippen molar-refractivity contribution in [3.05, 3.63) is 40.8 Å². The summed E-state index contributed by atoms with van der Waals surface area (Å²) in [6.07, 6.45) is 1.75. The van der Waals surface area contributed by atoms with Gasteiger partial charge in [0.15, 0.2) is 5.13 Å². The van der Waals surface area contributed by atoms with E-state index < -0.39 is 0 Å². The molecule has 20 heavy (non-hydrogen) atoms. The minimum absolute atomic E-state index is 0.563. The van der Waals surface area contributed by atoms with Crippen molar-refractivity contribution < 1.29 is 4.52 Å². The second kappa shape index (κ2) is 5.94. The molecule has 0 atom stereocenters. The molecule has 0 aliphatic carbocycles. The van der Waals surface area contributed by atoms with E-state index in [-0.39, 0.29) is 0 Å². The number of benzene rings is 1. The molecular formula is C12H9BrN4OS2. The number of rotatable bonds is 4. The molecule has 102 valence electrons. The summed E-state index contributed by atoms with van der Waals surface area (Å²) in [6.45, 7) is 0. The van der Waals surface area contributed by atoms with Crippen LogP contribution in [-0.2, 0) is 5.75 Å². The van der Waals surface area contributed by atoms with Crippen LogP contribution in [0, 0.1) is 0 Å². The van der Waals surface area contributed by atoms with Gasteiger partial charge in [0.2, 0.25) is 11.7 Å². The third kappa shape index (κ3) is 3.20. The van der Waals surface area contributed by atoms with Gasteiger partial charge in [-0.2, -0.15) is 4.98 Å². The highest BCUT2D eigenvalue weighted by Crippen LogP contribution is 2.29. The van der Waals surface area contributed by atoms with E-state index >= 15 is 0 Å². The van der Waals surface area contributed by atoms with Crippen LogP contribution in [0.2, 0.25) is 0 Å². The summed E-state index contributed by atoms with van der Waals surface area (Å²) in [5, 5.41) is 4.55. The van der Waals surface area contributed by atoms with Crippen LogP contribution in [-0.4, -0.2) is 15.1 Å². The molecule has 0 spiro atoms. The van der Waals surface area contributed by atoms with Crippen molar-refractivity contribution in [1.29, 1.82) is 0 Å². The normalized spacial score (nSPS) is 10.8. The lowest BCUT2D eigenvalue weighted by Gasteiger charge is -1.94. The van der Waals surface area contributed by atoms with Crippen LogP contribution in [0.25, 0.3) is 11.4 Å². The number of anilines is 1. The number of hydrogen-bond donors (Lipinski definition) is 1. The first kappa shape index (κ1) is 13.6. The molecule has 0 aliphatic heterocycles. The summed E-state index contributed by atoms with van der Waals surface area (Å²) in [6, 6.07) is 7.78. The molecule has 0 amide bonds. The van der Waals surface area contributed by atoms with Crippen LogP contribution in [0.15, 0.2) is 43.7 Å². The second-order valence-electron chi connectivity index (χ2n) is 3.83. The number of halogens is 1. The van der Waals surface area contributed by atoms with E-state index in [2.05, 4.69) is 31.1 Å². The van der Waals surface area contributed by atoms with Crippen LogP contribution in [0.3, 0.4) is 0 Å². The molecule has 8 heteroatoms. The Morgan fingerprint density at radius 1 is 1.40 bits per heavy atom. The third-order valence-electron chi connectivity index (χ3n) is 2.39. The summed E-state index contributed by atoms with van der Waals surface area (Å²) in [5.41, 5.74) is 6.50. The van der Waals surface area contributed by atoms with Gasteiger partial charge in [0.25, 0.3) is 0 Å². The molecule has 2 aromatic heterocycles. The van der Waals surface area contributed by atoms with Crippen LogP contribution in [0.4, 0.5) is 5.13 Å². The molecule has 0 aliphatic rings. The minimum Gasteiger partial charge on any atom is -0.375 e. The highest BCUT2D eigenvalue weighted by Gasteiger charge is 2.10. The molecule has 0 saturated carbocycles. The number of nitrogen functional groups attached to an aromatic ring is 1. The molecule has 3 aromatic rings. The Kier molecular flexibility index (Phi) is 4.04. The Morgan fingerprint density at radius 3 is 3.05 bits per heavy atom. The van der Waals surface area contributed by atoms with Crippen molar-refractivity contribution in [1.82, 2.24) is 15.1 Å². The van der Waals surface area contributed by atoms with E-state index in [0.717, 1.165) is 14.2 Å². The van der Waals surface area contributed by atoms with Crippen molar-refractivity contribution in [3.63, 3.8) is 0 Å². The van der Waals surface area contributed by atoms with E-state index in [9.17, 15) is 0 Å². The molecule has 2 heterocycles. The zero-order chi connectivity index (χ0) is 13.9. The lowest BCUT2D eigenvalue weighted by molar-refractivity contribution is 0.391. The van der Waals surface area contributed by atoms with Gasteiger partial charge in [-0.05, 0) is 12.1 Å². The number of nitrogens with zero attached hydrogens (tertiary/aromatic N) is 3. The maximum absolute atomic E-state index is 5.58. The van der Waals surface area contributed by atoms with Gasteiger partial charge in [0.05, 0.1) is 16.2 Å². The van der Waals surface area contributed by atoms with Gasteiger partial charge in [-0.25, -0.2) is 4.98 Å². The second-order valence-corrected chi connectivity index (χ2v) is 7.08. The lowest BCUT2D eigenvalue weighted by atomic mass is 10.2. The third-order valence-corrected chi connectivity index (χ3v) is 4.89. The van der Waals surface area contributed by atoms with Crippen molar-refractivity contribution >= 4 is 44.2 Å². The van der Waals surface area contributed by atoms with Gasteiger partial charge in [0, 0.05) is 10.0 Å². The van der Waals surface area contributed by atoms with Gasteiger partial charge in [0.1, 0.15) is 0 Å². The van der Waals surface area contributed by atoms with Gasteiger partial charge < -0.3 is 10.3 Å². The number of thiazole rings is 1. The Labute approximate surface area is 131 Å². The molecule has 0 fully saturated rings. The smallest absolute Gasteiger partial charge is 0.237 e. The van der Waals surface area contributed by atoms with Crippen molar-refractivity contribution in [2.24, 2.45) is 0 Å². The van der Waals surface area contributed by atoms with E-state index in [4.69, 9.17) is 10.3 Å². The summed E-state index contributed by atoms with van der Waals surface area (Å²) in [5.74, 6) is 1.77. The standard InChI is InChI=1S/C12H9BrN4OS2/c13-8-3-1-2-7(4-8)11-16-9(18-17-11)6-19-10-5-15-12(14)20-10/h1-5H,6H2,(H2,14,15). The number of hydrogen-bond acceptors (Lipinski definition) is 7. The van der Waals surface area contributed by atoms with E-state index in [1.807, 2.05) is 24.3 Å². The summed E-state index contributed by atoms with van der Waals surface area (Å²) >= 11 is 6.44. The Morgan fingerprint density at radius 2 is 2.30 bits per heavy atom. The first-order valence-corrected chi connectivity index (χ1v) is 8.23. The fraction of sp³-hybridized carbons (Fsp3) is 0.0833. The molecule has 0 radical (unpaired) electrons. The Bertz CT molecular complexity index is 728. The summed E-state index contributed by atoms with van der Waals surface area (Å²) < 4.78 is 7.26. The zero-order valence-electron chi connectivity index (χ0n) is 10.1. The molecule has 1 aromatic carbocycles. The summed E-state index contributed by atoms with van der Waals surface area (Å²) in [7, 11) is 0.